The van der Waals surface area contributed by atoms with Gasteiger partial charge in [-0.2, -0.15) is 0 Å². The van der Waals surface area contributed by atoms with E-state index < -0.39 is 0 Å². The Labute approximate surface area is 150 Å². The van der Waals surface area contributed by atoms with Crippen LogP contribution in [0.3, 0.4) is 0 Å². The monoisotopic (exact) mass is 345 g/mol. The molecule has 2 aromatic rings. The van der Waals surface area contributed by atoms with Gasteiger partial charge in [-0.05, 0) is 36.9 Å². The van der Waals surface area contributed by atoms with Gasteiger partial charge in [0.2, 0.25) is 0 Å². The summed E-state index contributed by atoms with van der Waals surface area (Å²) in [5.74, 6) is 0.539. The zero-order valence-corrected chi connectivity index (χ0v) is 15.3. The van der Waals surface area contributed by atoms with Crippen molar-refractivity contribution in [2.24, 2.45) is 0 Å². The average molecular weight is 345 g/mol. The fraction of sp³-hybridized carbons (Fsp3) is 0.300. The molecule has 0 heterocycles. The van der Waals surface area contributed by atoms with Crippen LogP contribution in [0.25, 0.3) is 0 Å². The highest BCUT2D eigenvalue weighted by Crippen LogP contribution is 2.13. The fourth-order valence-corrected chi connectivity index (χ4v) is 1.60. The van der Waals surface area contributed by atoms with Crippen LogP contribution in [0.1, 0.15) is 29.8 Å². The maximum absolute atomic E-state index is 10.5. The van der Waals surface area contributed by atoms with Crippen LogP contribution in [0.5, 0.6) is 5.75 Å². The molecule has 0 aromatic heterocycles. The standard InChI is InChI=1S/C14H12O2.C4H9NO2.C2H6/c15-10-12-6-8-14(9-7-12)16-11-13-4-2-1-3-5-13;1-5-3-4(6)7-2;1-2/h1-10H,11H2;5H,3H2,1-2H3;1-2H3. The van der Waals surface area contributed by atoms with E-state index in [0.717, 1.165) is 17.6 Å². The second-order valence-corrected chi connectivity index (χ2v) is 4.57. The first kappa shape index (κ1) is 22.3. The summed E-state index contributed by atoms with van der Waals surface area (Å²) in [5.41, 5.74) is 1.79. The van der Waals surface area contributed by atoms with Gasteiger partial charge in [0.25, 0.3) is 0 Å². The van der Waals surface area contributed by atoms with Crippen LogP contribution in [-0.4, -0.2) is 33.0 Å². The van der Waals surface area contributed by atoms with Crippen molar-refractivity contribution in [2.45, 2.75) is 20.5 Å². The predicted octanol–water partition coefficient (Wildman–Crippen LogP) is 3.48. The van der Waals surface area contributed by atoms with Crippen molar-refractivity contribution in [3.63, 3.8) is 0 Å². The van der Waals surface area contributed by atoms with Crippen LogP contribution in [0.15, 0.2) is 54.6 Å². The van der Waals surface area contributed by atoms with Gasteiger partial charge in [0.15, 0.2) is 0 Å². The lowest BCUT2D eigenvalue weighted by Crippen LogP contribution is -2.19. The quantitative estimate of drug-likeness (QED) is 0.641. The molecule has 0 radical (unpaired) electrons. The molecule has 0 aliphatic heterocycles. The molecule has 5 nitrogen and oxygen atoms in total. The minimum Gasteiger partial charge on any atom is -0.489 e. The second-order valence-electron chi connectivity index (χ2n) is 4.57. The highest BCUT2D eigenvalue weighted by molar-refractivity contribution is 5.74. The summed E-state index contributed by atoms with van der Waals surface area (Å²) in [7, 11) is 3.05. The van der Waals surface area contributed by atoms with Crippen LogP contribution in [0.2, 0.25) is 0 Å². The van der Waals surface area contributed by atoms with Gasteiger partial charge in [-0.3, -0.25) is 9.59 Å². The lowest BCUT2D eigenvalue weighted by molar-refractivity contribution is -0.139. The third-order valence-electron chi connectivity index (χ3n) is 2.81. The molecule has 25 heavy (non-hydrogen) atoms. The Balaban J connectivity index is 0.000000544. The third-order valence-corrected chi connectivity index (χ3v) is 2.81. The van der Waals surface area contributed by atoms with Crippen LogP contribution in [0.4, 0.5) is 0 Å². The van der Waals surface area contributed by atoms with Crippen LogP contribution < -0.4 is 10.1 Å². The Morgan fingerprint density at radius 2 is 1.64 bits per heavy atom. The van der Waals surface area contributed by atoms with E-state index in [0.29, 0.717) is 12.2 Å². The molecular weight excluding hydrogens is 318 g/mol. The molecule has 0 aliphatic rings. The van der Waals surface area contributed by atoms with E-state index in [4.69, 9.17) is 4.74 Å². The minimum atomic E-state index is -0.234. The van der Waals surface area contributed by atoms with Crippen LogP contribution in [0, 0.1) is 0 Å². The number of carbonyl (C=O) groups is 2. The summed E-state index contributed by atoms with van der Waals surface area (Å²) < 4.78 is 9.86. The van der Waals surface area contributed by atoms with Crippen molar-refractivity contribution in [1.29, 1.82) is 0 Å². The van der Waals surface area contributed by atoms with Gasteiger partial charge in [-0.15, -0.1) is 0 Å². The zero-order chi connectivity index (χ0) is 18.9. The summed E-state index contributed by atoms with van der Waals surface area (Å²) >= 11 is 0. The first-order valence-electron chi connectivity index (χ1n) is 8.13. The minimum absolute atomic E-state index is 0.234. The lowest BCUT2D eigenvalue weighted by atomic mass is 10.2. The van der Waals surface area contributed by atoms with Crippen molar-refractivity contribution >= 4 is 12.3 Å². The molecule has 0 saturated heterocycles. The van der Waals surface area contributed by atoms with Gasteiger partial charge in [-0.25, -0.2) is 0 Å². The fourth-order valence-electron chi connectivity index (χ4n) is 1.60. The van der Waals surface area contributed by atoms with Gasteiger partial charge < -0.3 is 14.8 Å². The average Bonchev–Trinajstić information content (AvgIpc) is 2.70. The van der Waals surface area contributed by atoms with Crippen molar-refractivity contribution in [3.8, 4) is 5.75 Å². The summed E-state index contributed by atoms with van der Waals surface area (Å²) in [6.07, 6.45) is 0.820. The number of likely N-dealkylation sites (N-methyl/N-ethyl adjacent to an activating group) is 1. The Hall–Kier alpha value is -2.66. The molecular formula is C20H27NO4. The van der Waals surface area contributed by atoms with Gasteiger partial charge in [0.05, 0.1) is 13.7 Å². The van der Waals surface area contributed by atoms with E-state index >= 15 is 0 Å². The van der Waals surface area contributed by atoms with Crippen LogP contribution >= 0.6 is 0 Å². The molecule has 2 aromatic carbocycles. The highest BCUT2D eigenvalue weighted by Gasteiger charge is 1.95. The van der Waals surface area contributed by atoms with Crippen LogP contribution in [-0.2, 0) is 16.1 Å². The van der Waals surface area contributed by atoms with Crippen molar-refractivity contribution in [3.05, 3.63) is 65.7 Å². The molecule has 136 valence electrons. The Kier molecular flexibility index (Phi) is 13.3. The molecule has 0 bridgehead atoms. The Morgan fingerprint density at radius 3 is 2.08 bits per heavy atom. The molecule has 0 spiro atoms. The molecule has 1 N–H and O–H groups in total. The first-order valence-corrected chi connectivity index (χ1v) is 8.13. The second kappa shape index (κ2) is 14.9. The van der Waals surface area contributed by atoms with E-state index in [1.807, 2.05) is 44.2 Å². The van der Waals surface area contributed by atoms with E-state index in [1.54, 1.807) is 31.3 Å². The largest absolute Gasteiger partial charge is 0.489 e. The number of hydrogen-bond donors (Lipinski definition) is 1. The number of nitrogens with one attached hydrogen (secondary N) is 1. The summed E-state index contributed by atoms with van der Waals surface area (Å²) in [6.45, 7) is 4.83. The molecule has 5 heteroatoms. The maximum atomic E-state index is 10.5. The summed E-state index contributed by atoms with van der Waals surface area (Å²) in [6, 6.07) is 17.0. The van der Waals surface area contributed by atoms with E-state index in [-0.39, 0.29) is 12.5 Å². The SMILES string of the molecule is CC.CNCC(=O)OC.O=Cc1ccc(OCc2ccccc2)cc1. The van der Waals surface area contributed by atoms with Gasteiger partial charge >= 0.3 is 5.97 Å². The number of carbonyl (C=O) groups excluding carboxylic acids is 2. The number of esters is 1. The zero-order valence-electron chi connectivity index (χ0n) is 15.3. The number of ether oxygens (including phenoxy) is 2. The lowest BCUT2D eigenvalue weighted by Gasteiger charge is -2.05. The van der Waals surface area contributed by atoms with E-state index in [1.165, 1.54) is 7.11 Å². The van der Waals surface area contributed by atoms with E-state index in [2.05, 4.69) is 10.1 Å². The molecule has 0 unspecified atom stereocenters. The molecule has 0 atom stereocenters. The topological polar surface area (TPSA) is 64.6 Å². The summed E-state index contributed by atoms with van der Waals surface area (Å²) in [5, 5.41) is 2.64. The first-order chi connectivity index (χ1) is 12.2. The van der Waals surface area contributed by atoms with E-state index in [9.17, 15) is 9.59 Å². The molecule has 0 saturated carbocycles. The Morgan fingerprint density at radius 1 is 1.04 bits per heavy atom. The number of aldehydes is 1. The van der Waals surface area contributed by atoms with Crippen molar-refractivity contribution < 1.29 is 19.1 Å². The molecule has 0 fully saturated rings. The molecule has 0 aliphatic carbocycles. The third kappa shape index (κ3) is 10.7. The van der Waals surface area contributed by atoms with Crippen molar-refractivity contribution in [2.75, 3.05) is 20.7 Å². The van der Waals surface area contributed by atoms with Gasteiger partial charge in [-0.1, -0.05) is 44.2 Å². The van der Waals surface area contributed by atoms with Crippen molar-refractivity contribution in [1.82, 2.24) is 5.32 Å². The number of rotatable bonds is 6. The highest BCUT2D eigenvalue weighted by atomic mass is 16.5. The number of methoxy groups -OCH3 is 1. The normalized spacial score (nSPS) is 8.80. The van der Waals surface area contributed by atoms with Gasteiger partial charge in [0, 0.05) is 5.56 Å². The molecule has 2 rings (SSSR count). The van der Waals surface area contributed by atoms with Gasteiger partial charge in [0.1, 0.15) is 18.6 Å². The summed E-state index contributed by atoms with van der Waals surface area (Å²) in [4.78, 5) is 20.6. The Bertz CT molecular complexity index is 582. The maximum Gasteiger partial charge on any atom is 0.319 e. The number of hydrogen-bond acceptors (Lipinski definition) is 5. The smallest absolute Gasteiger partial charge is 0.319 e. The molecule has 0 amide bonds. The predicted molar refractivity (Wildman–Crippen MR) is 99.9 cm³/mol. The number of benzene rings is 2.